The summed E-state index contributed by atoms with van der Waals surface area (Å²) in [5.74, 6) is 0.686. The van der Waals surface area contributed by atoms with E-state index in [1.807, 2.05) is 12.3 Å². The quantitative estimate of drug-likeness (QED) is 0.631. The SMILES string of the molecule is C1=COC(C2CC3OC3CC23CCC3)C=C1. The molecule has 2 heteroatoms. The van der Waals surface area contributed by atoms with Gasteiger partial charge in [-0.1, -0.05) is 12.5 Å². The number of ether oxygens (including phenoxy) is 2. The van der Waals surface area contributed by atoms with E-state index in [1.165, 1.54) is 32.1 Å². The number of allylic oxidation sites excluding steroid dienone is 2. The van der Waals surface area contributed by atoms with Crippen molar-refractivity contribution in [1.29, 1.82) is 0 Å². The molecule has 0 aromatic heterocycles. The molecule has 16 heavy (non-hydrogen) atoms. The van der Waals surface area contributed by atoms with Gasteiger partial charge in [0.1, 0.15) is 6.10 Å². The minimum Gasteiger partial charge on any atom is -0.494 e. The van der Waals surface area contributed by atoms with Crippen LogP contribution in [0.5, 0.6) is 0 Å². The van der Waals surface area contributed by atoms with Crippen molar-refractivity contribution in [3.05, 3.63) is 24.5 Å². The van der Waals surface area contributed by atoms with Gasteiger partial charge in [0, 0.05) is 5.92 Å². The second-order valence-corrected chi connectivity index (χ2v) is 5.79. The Kier molecular flexibility index (Phi) is 1.82. The highest BCUT2D eigenvalue weighted by atomic mass is 16.6. The molecule has 0 aromatic rings. The molecular formula is C14H18O2. The maximum Gasteiger partial charge on any atom is 0.120 e. The fourth-order valence-electron chi connectivity index (χ4n) is 3.94. The zero-order valence-electron chi connectivity index (χ0n) is 9.47. The van der Waals surface area contributed by atoms with Crippen molar-refractivity contribution >= 4 is 0 Å². The van der Waals surface area contributed by atoms with Crippen LogP contribution in [0.25, 0.3) is 0 Å². The van der Waals surface area contributed by atoms with E-state index < -0.39 is 0 Å². The monoisotopic (exact) mass is 218 g/mol. The summed E-state index contributed by atoms with van der Waals surface area (Å²) in [5, 5.41) is 0. The lowest BCUT2D eigenvalue weighted by Crippen LogP contribution is -2.47. The maximum absolute atomic E-state index is 5.79. The molecule has 0 N–H and O–H groups in total. The van der Waals surface area contributed by atoms with E-state index >= 15 is 0 Å². The predicted octanol–water partition coefficient (Wildman–Crippen LogP) is 2.80. The van der Waals surface area contributed by atoms with Crippen LogP contribution in [0.2, 0.25) is 0 Å². The molecule has 2 nitrogen and oxygen atoms in total. The van der Waals surface area contributed by atoms with Crippen molar-refractivity contribution in [2.75, 3.05) is 0 Å². The normalized spacial score (nSPS) is 47.0. The first kappa shape index (κ1) is 9.29. The van der Waals surface area contributed by atoms with Gasteiger partial charge in [0.05, 0.1) is 18.5 Å². The third-order valence-electron chi connectivity index (χ3n) is 5.04. The summed E-state index contributed by atoms with van der Waals surface area (Å²) >= 11 is 0. The van der Waals surface area contributed by atoms with E-state index in [0.717, 1.165) is 0 Å². The van der Waals surface area contributed by atoms with E-state index in [0.29, 0.717) is 29.6 Å². The molecule has 0 aromatic carbocycles. The molecule has 4 unspecified atom stereocenters. The van der Waals surface area contributed by atoms with Gasteiger partial charge >= 0.3 is 0 Å². The summed E-state index contributed by atoms with van der Waals surface area (Å²) < 4.78 is 11.5. The van der Waals surface area contributed by atoms with Gasteiger partial charge < -0.3 is 9.47 Å². The summed E-state index contributed by atoms with van der Waals surface area (Å²) in [4.78, 5) is 0. The third-order valence-corrected chi connectivity index (χ3v) is 5.04. The summed E-state index contributed by atoms with van der Waals surface area (Å²) in [7, 11) is 0. The molecule has 0 bridgehead atoms. The Labute approximate surface area is 96.3 Å². The molecule has 0 amide bonds. The topological polar surface area (TPSA) is 21.8 Å². The highest BCUT2D eigenvalue weighted by Gasteiger charge is 2.59. The van der Waals surface area contributed by atoms with Gasteiger partial charge in [-0.2, -0.15) is 0 Å². The summed E-state index contributed by atoms with van der Waals surface area (Å²) in [6.07, 6.45) is 16.3. The Hall–Kier alpha value is -0.760. The van der Waals surface area contributed by atoms with E-state index in [2.05, 4.69) is 12.2 Å². The van der Waals surface area contributed by atoms with Gasteiger partial charge in [-0.05, 0) is 43.3 Å². The average molecular weight is 218 g/mol. The number of hydrogen-bond acceptors (Lipinski definition) is 2. The number of hydrogen-bond donors (Lipinski definition) is 0. The smallest absolute Gasteiger partial charge is 0.120 e. The number of rotatable bonds is 1. The lowest BCUT2D eigenvalue weighted by atomic mass is 9.54. The van der Waals surface area contributed by atoms with Crippen LogP contribution in [0, 0.1) is 11.3 Å². The molecule has 2 saturated carbocycles. The molecule has 3 fully saturated rings. The third kappa shape index (κ3) is 1.22. The molecule has 4 atom stereocenters. The van der Waals surface area contributed by atoms with Crippen LogP contribution < -0.4 is 0 Å². The number of fused-ring (bicyclic) bond motifs is 1. The molecule has 0 radical (unpaired) electrons. The van der Waals surface area contributed by atoms with Crippen molar-refractivity contribution < 1.29 is 9.47 Å². The molecule has 1 saturated heterocycles. The minimum atomic E-state index is 0.301. The molecule has 2 heterocycles. The van der Waals surface area contributed by atoms with Gasteiger partial charge in [-0.15, -0.1) is 0 Å². The van der Waals surface area contributed by atoms with Crippen LogP contribution in [-0.2, 0) is 9.47 Å². The molecule has 2 aliphatic carbocycles. The second kappa shape index (κ2) is 3.13. The van der Waals surface area contributed by atoms with Crippen LogP contribution in [0.4, 0.5) is 0 Å². The maximum atomic E-state index is 5.79. The van der Waals surface area contributed by atoms with E-state index in [-0.39, 0.29) is 0 Å². The van der Waals surface area contributed by atoms with Crippen molar-refractivity contribution in [1.82, 2.24) is 0 Å². The van der Waals surface area contributed by atoms with Crippen LogP contribution in [0.15, 0.2) is 24.5 Å². The van der Waals surface area contributed by atoms with Crippen LogP contribution >= 0.6 is 0 Å². The second-order valence-electron chi connectivity index (χ2n) is 5.79. The van der Waals surface area contributed by atoms with Crippen molar-refractivity contribution in [3.8, 4) is 0 Å². The summed E-state index contributed by atoms with van der Waals surface area (Å²) in [5.41, 5.74) is 0.553. The Balaban J connectivity index is 1.59. The first-order valence-electron chi connectivity index (χ1n) is 6.52. The molecule has 86 valence electrons. The highest BCUT2D eigenvalue weighted by Crippen LogP contribution is 2.60. The van der Waals surface area contributed by atoms with Crippen LogP contribution in [0.3, 0.4) is 0 Å². The van der Waals surface area contributed by atoms with E-state index in [9.17, 15) is 0 Å². The molecule has 2 aliphatic heterocycles. The lowest BCUT2D eigenvalue weighted by molar-refractivity contribution is -0.0433. The van der Waals surface area contributed by atoms with Crippen LogP contribution in [0.1, 0.15) is 32.1 Å². The fourth-order valence-corrected chi connectivity index (χ4v) is 3.94. The van der Waals surface area contributed by atoms with E-state index in [1.54, 1.807) is 0 Å². The predicted molar refractivity (Wildman–Crippen MR) is 60.8 cm³/mol. The Morgan fingerprint density at radius 2 is 2.06 bits per heavy atom. The molecule has 1 spiro atoms. The standard InChI is InChI=1S/C14H18O2/c1-2-7-15-11(4-1)10-8-12-13(16-12)9-14(10)5-3-6-14/h1-2,4,7,10-13H,3,5-6,8-9H2. The lowest BCUT2D eigenvalue weighted by Gasteiger charge is -2.51. The van der Waals surface area contributed by atoms with Gasteiger partial charge in [0.25, 0.3) is 0 Å². The Morgan fingerprint density at radius 1 is 1.12 bits per heavy atom. The van der Waals surface area contributed by atoms with Crippen LogP contribution in [-0.4, -0.2) is 18.3 Å². The van der Waals surface area contributed by atoms with Gasteiger partial charge in [-0.3, -0.25) is 0 Å². The molecular weight excluding hydrogens is 200 g/mol. The summed E-state index contributed by atoms with van der Waals surface area (Å²) in [6.45, 7) is 0. The Bertz CT molecular complexity index is 354. The summed E-state index contributed by atoms with van der Waals surface area (Å²) in [6, 6.07) is 0. The first-order valence-corrected chi connectivity index (χ1v) is 6.52. The van der Waals surface area contributed by atoms with Gasteiger partial charge in [0.2, 0.25) is 0 Å². The largest absolute Gasteiger partial charge is 0.494 e. The highest BCUT2D eigenvalue weighted by molar-refractivity contribution is 5.15. The Morgan fingerprint density at radius 3 is 2.75 bits per heavy atom. The van der Waals surface area contributed by atoms with Crippen molar-refractivity contribution in [2.24, 2.45) is 11.3 Å². The number of epoxide rings is 1. The fraction of sp³-hybridized carbons (Fsp3) is 0.714. The average Bonchev–Trinajstić information content (AvgIpc) is 3.04. The zero-order chi connectivity index (χ0) is 10.6. The van der Waals surface area contributed by atoms with Gasteiger partial charge in [-0.25, -0.2) is 0 Å². The van der Waals surface area contributed by atoms with E-state index in [4.69, 9.17) is 9.47 Å². The molecule has 4 rings (SSSR count). The molecule has 4 aliphatic rings. The minimum absolute atomic E-state index is 0.301. The zero-order valence-corrected chi connectivity index (χ0v) is 9.47. The van der Waals surface area contributed by atoms with Crippen molar-refractivity contribution in [3.63, 3.8) is 0 Å². The van der Waals surface area contributed by atoms with Gasteiger partial charge in [0.15, 0.2) is 0 Å². The first-order chi connectivity index (χ1) is 7.87. The van der Waals surface area contributed by atoms with Crippen molar-refractivity contribution in [2.45, 2.75) is 50.4 Å².